The van der Waals surface area contributed by atoms with E-state index in [0.29, 0.717) is 32.0 Å². The molecule has 0 aliphatic carbocycles. The lowest BCUT2D eigenvalue weighted by Gasteiger charge is -2.37. The number of primary amides is 1. The Kier molecular flexibility index (Phi) is 7.42. The van der Waals surface area contributed by atoms with Crippen LogP contribution >= 0.6 is 0 Å². The molecule has 0 aromatic heterocycles. The van der Waals surface area contributed by atoms with Gasteiger partial charge < -0.3 is 20.1 Å². The highest BCUT2D eigenvalue weighted by Crippen LogP contribution is 2.09. The van der Waals surface area contributed by atoms with E-state index < -0.39 is 6.09 Å². The smallest absolute Gasteiger partial charge is 0.404 e. The number of carbonyl (C=O) groups excluding carboxylic acids is 1. The molecule has 2 heterocycles. The molecular formula is C19H27N7O3. The molecule has 3 rings (SSSR count). The molecule has 0 spiro atoms. The quantitative estimate of drug-likeness (QED) is 0.350. The minimum absolute atomic E-state index is 0.240. The van der Waals surface area contributed by atoms with Gasteiger partial charge in [-0.15, -0.1) is 10.2 Å². The number of carbonyl (C=O) groups is 1. The van der Waals surface area contributed by atoms with E-state index in [9.17, 15) is 4.79 Å². The highest BCUT2D eigenvalue weighted by molar-refractivity contribution is 5.94. The number of rotatable bonds is 7. The minimum atomic E-state index is -0.772. The molecule has 1 saturated heterocycles. The van der Waals surface area contributed by atoms with Crippen molar-refractivity contribution in [2.24, 2.45) is 15.9 Å². The van der Waals surface area contributed by atoms with Crippen molar-refractivity contribution >= 4 is 18.1 Å². The lowest BCUT2D eigenvalue weighted by atomic mass is 10.2. The van der Waals surface area contributed by atoms with Crippen molar-refractivity contribution in [3.05, 3.63) is 47.3 Å². The second-order valence-electron chi connectivity index (χ2n) is 6.67. The molecule has 4 N–H and O–H groups in total. The second-order valence-corrected chi connectivity index (χ2v) is 6.67. The molecule has 1 amide bonds. The van der Waals surface area contributed by atoms with Crippen LogP contribution in [0.2, 0.25) is 0 Å². The van der Waals surface area contributed by atoms with Gasteiger partial charge in [0.2, 0.25) is 0 Å². The van der Waals surface area contributed by atoms with Gasteiger partial charge in [-0.25, -0.2) is 4.79 Å². The van der Waals surface area contributed by atoms with Gasteiger partial charge in [0, 0.05) is 25.7 Å². The Balaban J connectivity index is 1.67. The lowest BCUT2D eigenvalue weighted by Crippen LogP contribution is -2.57. The number of nitrogens with two attached hydrogens (primary N) is 1. The Morgan fingerprint density at radius 2 is 2.17 bits per heavy atom. The van der Waals surface area contributed by atoms with Crippen molar-refractivity contribution in [3.8, 4) is 0 Å². The van der Waals surface area contributed by atoms with Crippen LogP contribution in [0.1, 0.15) is 17.5 Å². The predicted octanol–water partition coefficient (Wildman–Crippen LogP) is 0.711. The van der Waals surface area contributed by atoms with Gasteiger partial charge in [-0.05, 0) is 18.9 Å². The Labute approximate surface area is 170 Å². The fourth-order valence-corrected chi connectivity index (χ4v) is 2.93. The molecule has 0 bridgehead atoms. The highest BCUT2D eigenvalue weighted by Gasteiger charge is 2.21. The van der Waals surface area contributed by atoms with Crippen molar-refractivity contribution in [2.75, 3.05) is 39.5 Å². The molecule has 2 aliphatic rings. The topological polar surface area (TPSA) is 117 Å². The largest absolute Gasteiger partial charge is 0.450 e. The van der Waals surface area contributed by atoms with E-state index in [1.807, 2.05) is 37.3 Å². The average Bonchev–Trinajstić information content (AvgIpc) is 2.72. The molecule has 10 nitrogen and oxygen atoms in total. The van der Waals surface area contributed by atoms with Crippen LogP contribution in [-0.4, -0.2) is 67.6 Å². The van der Waals surface area contributed by atoms with Crippen LogP contribution in [0.4, 0.5) is 4.79 Å². The maximum atomic E-state index is 10.7. The van der Waals surface area contributed by atoms with E-state index in [0.717, 1.165) is 24.5 Å². The van der Waals surface area contributed by atoms with Gasteiger partial charge in [0.25, 0.3) is 0 Å². The van der Waals surface area contributed by atoms with Crippen LogP contribution in [0.5, 0.6) is 0 Å². The predicted molar refractivity (Wildman–Crippen MR) is 110 cm³/mol. The van der Waals surface area contributed by atoms with Gasteiger partial charge in [0.1, 0.15) is 5.82 Å². The number of hydrogen-bond acceptors (Lipinski definition) is 8. The third kappa shape index (κ3) is 6.77. The summed E-state index contributed by atoms with van der Waals surface area (Å²) in [6.07, 6.45) is 3.46. The number of hydrogen-bond donors (Lipinski definition) is 3. The maximum Gasteiger partial charge on any atom is 0.404 e. The monoisotopic (exact) mass is 401 g/mol. The van der Waals surface area contributed by atoms with Crippen LogP contribution in [-0.2, 0) is 9.47 Å². The number of nitrogens with zero attached hydrogens (tertiary/aromatic N) is 4. The molecule has 1 aromatic carbocycles. The van der Waals surface area contributed by atoms with Crippen LogP contribution in [0, 0.1) is 6.92 Å². The summed E-state index contributed by atoms with van der Waals surface area (Å²) >= 11 is 0. The fraction of sp³-hybridized carbons (Fsp3) is 0.421. The normalized spacial score (nSPS) is 19.0. The van der Waals surface area contributed by atoms with Gasteiger partial charge in [-0.3, -0.25) is 10.9 Å². The summed E-state index contributed by atoms with van der Waals surface area (Å²) < 4.78 is 10.2. The Morgan fingerprint density at radius 3 is 2.93 bits per heavy atom. The van der Waals surface area contributed by atoms with Crippen molar-refractivity contribution in [2.45, 2.75) is 13.3 Å². The number of benzene rings is 1. The van der Waals surface area contributed by atoms with E-state index in [1.54, 1.807) is 11.3 Å². The van der Waals surface area contributed by atoms with Gasteiger partial charge >= 0.3 is 6.09 Å². The zero-order valence-corrected chi connectivity index (χ0v) is 16.5. The van der Waals surface area contributed by atoms with Gasteiger partial charge in [0.05, 0.1) is 26.0 Å². The summed E-state index contributed by atoms with van der Waals surface area (Å²) in [5.41, 5.74) is 13.6. The molecule has 0 unspecified atom stereocenters. The van der Waals surface area contributed by atoms with Gasteiger partial charge in [-0.1, -0.05) is 29.8 Å². The zero-order chi connectivity index (χ0) is 20.5. The van der Waals surface area contributed by atoms with E-state index >= 15 is 0 Å². The Morgan fingerprint density at radius 1 is 1.34 bits per heavy atom. The fourth-order valence-electron chi connectivity index (χ4n) is 2.93. The number of hydrazine groups is 2. The lowest BCUT2D eigenvalue weighted by molar-refractivity contribution is 0.0355. The standard InChI is InChI=1S/C19H27N7O3/c1-15-4-2-5-16(12-15)14-21-22-17-13-18(25-7-10-28-11-8-25)24-26(23-17)6-3-9-29-19(20)27/h2,4-5,12-14,24H,3,6-11H2,1H3,(H2,20,27)(H,22,23). The summed E-state index contributed by atoms with van der Waals surface area (Å²) in [6.45, 7) is 5.77. The second kappa shape index (κ2) is 10.4. The van der Waals surface area contributed by atoms with Gasteiger partial charge in [0.15, 0.2) is 5.84 Å². The average molecular weight is 401 g/mol. The third-order valence-corrected chi connectivity index (χ3v) is 4.31. The highest BCUT2D eigenvalue weighted by atomic mass is 16.5. The van der Waals surface area contributed by atoms with Crippen LogP contribution in [0.25, 0.3) is 0 Å². The molecule has 10 heteroatoms. The molecule has 1 fully saturated rings. The van der Waals surface area contributed by atoms with Crippen molar-refractivity contribution in [1.82, 2.24) is 20.9 Å². The molecule has 0 radical (unpaired) electrons. The van der Waals surface area contributed by atoms with Crippen LogP contribution < -0.4 is 16.6 Å². The Bertz CT molecular complexity index is 788. The number of nitrogens with one attached hydrogen (secondary N) is 2. The number of amidine groups is 1. The molecule has 0 saturated carbocycles. The maximum absolute atomic E-state index is 10.7. The Hall–Kier alpha value is -3.11. The first kappa shape index (κ1) is 20.6. The van der Waals surface area contributed by atoms with E-state index in [1.165, 1.54) is 5.56 Å². The summed E-state index contributed by atoms with van der Waals surface area (Å²) in [6, 6.07) is 8.04. The first-order valence-corrected chi connectivity index (χ1v) is 9.55. The molecule has 29 heavy (non-hydrogen) atoms. The summed E-state index contributed by atoms with van der Waals surface area (Å²) in [5, 5.41) is 10.3. The SMILES string of the molecule is Cc1cccc(C=NN=C2C=C(N3CCOCC3)NN(CCCOC(N)=O)N2)c1. The van der Waals surface area contributed by atoms with Crippen LogP contribution in [0.15, 0.2) is 46.4 Å². The van der Waals surface area contributed by atoms with Crippen molar-refractivity contribution in [3.63, 3.8) is 0 Å². The number of morpholine rings is 1. The first-order chi connectivity index (χ1) is 14.1. The molecule has 2 aliphatic heterocycles. The van der Waals surface area contributed by atoms with E-state index in [-0.39, 0.29) is 6.61 Å². The molecule has 156 valence electrons. The zero-order valence-electron chi connectivity index (χ0n) is 16.5. The molecular weight excluding hydrogens is 374 g/mol. The van der Waals surface area contributed by atoms with Crippen molar-refractivity contribution in [1.29, 1.82) is 0 Å². The van der Waals surface area contributed by atoms with Gasteiger partial charge in [-0.2, -0.15) is 5.10 Å². The van der Waals surface area contributed by atoms with E-state index in [2.05, 4.69) is 26.0 Å². The summed E-state index contributed by atoms with van der Waals surface area (Å²) in [7, 11) is 0. The number of amides is 1. The minimum Gasteiger partial charge on any atom is -0.450 e. The molecule has 0 atom stereocenters. The summed E-state index contributed by atoms with van der Waals surface area (Å²) in [4.78, 5) is 12.9. The first-order valence-electron chi connectivity index (χ1n) is 9.55. The number of aryl methyl sites for hydroxylation is 1. The summed E-state index contributed by atoms with van der Waals surface area (Å²) in [5.74, 6) is 1.51. The van der Waals surface area contributed by atoms with E-state index in [4.69, 9.17) is 15.2 Å². The van der Waals surface area contributed by atoms with Crippen molar-refractivity contribution < 1.29 is 14.3 Å². The third-order valence-electron chi connectivity index (χ3n) is 4.31. The number of ether oxygens (including phenoxy) is 2. The van der Waals surface area contributed by atoms with Crippen LogP contribution in [0.3, 0.4) is 0 Å². The molecule has 1 aromatic rings.